The summed E-state index contributed by atoms with van der Waals surface area (Å²) in [6, 6.07) is -0.518. The molecule has 1 N–H and O–H groups in total. The van der Waals surface area contributed by atoms with Gasteiger partial charge in [-0.2, -0.15) is 5.10 Å². The number of H-pyrrole nitrogens is 1. The molecule has 2 aromatic rings. The van der Waals surface area contributed by atoms with Crippen molar-refractivity contribution in [3.63, 3.8) is 0 Å². The van der Waals surface area contributed by atoms with Crippen LogP contribution in [-0.4, -0.2) is 60.4 Å². The van der Waals surface area contributed by atoms with Gasteiger partial charge in [-0.25, -0.2) is 8.42 Å². The standard InChI is InChI=1S/C12H14N4O4S2/c1-22(18,19)10-5-14-15-11(10)8-6-20-3-2-16(8)12(17)9-4-13-7-21-9/h4-5,7-8H,2-3,6H2,1H3,(H,14,15)/t8-/m1/s1. The van der Waals surface area contributed by atoms with Crippen LogP contribution in [0.15, 0.2) is 22.8 Å². The molecule has 1 aliphatic rings. The van der Waals surface area contributed by atoms with Gasteiger partial charge < -0.3 is 9.64 Å². The van der Waals surface area contributed by atoms with Crippen molar-refractivity contribution in [1.82, 2.24) is 20.1 Å². The Labute approximate surface area is 131 Å². The minimum absolute atomic E-state index is 0.0881. The number of nitrogens with zero attached hydrogens (tertiary/aromatic N) is 3. The van der Waals surface area contributed by atoms with Crippen molar-refractivity contribution in [3.8, 4) is 0 Å². The van der Waals surface area contributed by atoms with Crippen molar-refractivity contribution < 1.29 is 17.9 Å². The number of morpholine rings is 1. The number of thiazole rings is 1. The average molecular weight is 342 g/mol. The third kappa shape index (κ3) is 2.76. The van der Waals surface area contributed by atoms with E-state index in [1.54, 1.807) is 10.4 Å². The lowest BCUT2D eigenvalue weighted by Gasteiger charge is -2.35. The molecular formula is C12H14N4O4S2. The molecule has 0 saturated carbocycles. The molecule has 3 heterocycles. The predicted octanol–water partition coefficient (Wildman–Crippen LogP) is 0.483. The molecule has 118 valence electrons. The van der Waals surface area contributed by atoms with Crippen LogP contribution in [0.4, 0.5) is 0 Å². The number of sulfone groups is 1. The lowest BCUT2D eigenvalue weighted by molar-refractivity contribution is -0.00443. The lowest BCUT2D eigenvalue weighted by Crippen LogP contribution is -2.43. The quantitative estimate of drug-likeness (QED) is 0.870. The first kappa shape index (κ1) is 15.1. The summed E-state index contributed by atoms with van der Waals surface area (Å²) in [5.41, 5.74) is 1.96. The molecule has 1 amide bonds. The number of hydrogen-bond donors (Lipinski definition) is 1. The van der Waals surface area contributed by atoms with Crippen LogP contribution in [0.5, 0.6) is 0 Å². The number of nitrogens with one attached hydrogen (secondary N) is 1. The van der Waals surface area contributed by atoms with E-state index < -0.39 is 15.9 Å². The van der Waals surface area contributed by atoms with E-state index in [4.69, 9.17) is 4.74 Å². The second-order valence-electron chi connectivity index (χ2n) is 4.88. The third-order valence-corrected chi connectivity index (χ3v) is 5.28. The van der Waals surface area contributed by atoms with E-state index in [1.165, 1.54) is 23.7 Å². The Morgan fingerprint density at radius 1 is 1.50 bits per heavy atom. The molecular weight excluding hydrogens is 328 g/mol. The Morgan fingerprint density at radius 3 is 3.00 bits per heavy atom. The van der Waals surface area contributed by atoms with Crippen LogP contribution in [0.2, 0.25) is 0 Å². The van der Waals surface area contributed by atoms with Gasteiger partial charge in [0.15, 0.2) is 9.84 Å². The molecule has 1 fully saturated rings. The largest absolute Gasteiger partial charge is 0.377 e. The SMILES string of the molecule is CS(=O)(=O)c1cn[nH]c1[C@H]1COCCN1C(=O)c1cncs1. The van der Waals surface area contributed by atoms with Gasteiger partial charge in [0.1, 0.15) is 9.77 Å². The number of carbonyl (C=O) groups is 1. The van der Waals surface area contributed by atoms with E-state index in [2.05, 4.69) is 15.2 Å². The van der Waals surface area contributed by atoms with E-state index >= 15 is 0 Å². The van der Waals surface area contributed by atoms with Gasteiger partial charge in [-0.05, 0) is 0 Å². The number of rotatable bonds is 3. The molecule has 10 heteroatoms. The Balaban J connectivity index is 1.97. The minimum atomic E-state index is -3.44. The zero-order valence-electron chi connectivity index (χ0n) is 11.7. The van der Waals surface area contributed by atoms with Gasteiger partial charge >= 0.3 is 0 Å². The summed E-state index contributed by atoms with van der Waals surface area (Å²) in [6.07, 6.45) is 3.87. The van der Waals surface area contributed by atoms with Crippen LogP contribution in [0, 0.1) is 0 Å². The van der Waals surface area contributed by atoms with Gasteiger partial charge in [-0.15, -0.1) is 11.3 Å². The van der Waals surface area contributed by atoms with Gasteiger partial charge in [0, 0.05) is 12.8 Å². The fourth-order valence-electron chi connectivity index (χ4n) is 2.37. The number of aromatic nitrogens is 3. The van der Waals surface area contributed by atoms with E-state index in [9.17, 15) is 13.2 Å². The molecule has 8 nitrogen and oxygen atoms in total. The van der Waals surface area contributed by atoms with Crippen LogP contribution >= 0.6 is 11.3 Å². The van der Waals surface area contributed by atoms with Gasteiger partial charge in [0.2, 0.25) is 0 Å². The minimum Gasteiger partial charge on any atom is -0.377 e. The van der Waals surface area contributed by atoms with Crippen LogP contribution in [-0.2, 0) is 14.6 Å². The second-order valence-corrected chi connectivity index (χ2v) is 7.75. The van der Waals surface area contributed by atoms with Crippen molar-refractivity contribution in [3.05, 3.63) is 28.5 Å². The predicted molar refractivity (Wildman–Crippen MR) is 78.4 cm³/mol. The fraction of sp³-hybridized carbons (Fsp3) is 0.417. The zero-order valence-corrected chi connectivity index (χ0v) is 13.4. The first-order chi connectivity index (χ1) is 10.5. The highest BCUT2D eigenvalue weighted by molar-refractivity contribution is 7.90. The summed E-state index contributed by atoms with van der Waals surface area (Å²) in [5.74, 6) is -0.190. The topological polar surface area (TPSA) is 105 Å². The van der Waals surface area contributed by atoms with Crippen molar-refractivity contribution in [1.29, 1.82) is 0 Å². The summed E-state index contributed by atoms with van der Waals surface area (Å²) < 4.78 is 29.1. The first-order valence-electron chi connectivity index (χ1n) is 6.49. The summed E-state index contributed by atoms with van der Waals surface area (Å²) >= 11 is 1.25. The van der Waals surface area contributed by atoms with Crippen molar-refractivity contribution in [2.45, 2.75) is 10.9 Å². The molecule has 0 radical (unpaired) electrons. The highest BCUT2D eigenvalue weighted by Gasteiger charge is 2.34. The number of amides is 1. The molecule has 1 aliphatic heterocycles. The maximum Gasteiger partial charge on any atom is 0.266 e. The molecule has 0 aliphatic carbocycles. The second kappa shape index (κ2) is 5.78. The lowest BCUT2D eigenvalue weighted by atomic mass is 10.1. The Morgan fingerprint density at radius 2 is 2.32 bits per heavy atom. The van der Waals surface area contributed by atoms with Crippen LogP contribution in [0.1, 0.15) is 21.4 Å². The van der Waals surface area contributed by atoms with Crippen molar-refractivity contribution >= 4 is 27.1 Å². The summed E-state index contributed by atoms with van der Waals surface area (Å²) in [5, 5.41) is 6.51. The van der Waals surface area contributed by atoms with Crippen LogP contribution in [0.25, 0.3) is 0 Å². The Hall–Kier alpha value is -1.78. The van der Waals surface area contributed by atoms with Crippen LogP contribution in [0.3, 0.4) is 0 Å². The van der Waals surface area contributed by atoms with Gasteiger partial charge in [-0.1, -0.05) is 0 Å². The Kier molecular flexibility index (Phi) is 3.98. The van der Waals surface area contributed by atoms with Crippen LogP contribution < -0.4 is 0 Å². The van der Waals surface area contributed by atoms with E-state index in [0.717, 1.165) is 6.26 Å². The third-order valence-electron chi connectivity index (χ3n) is 3.40. The molecule has 0 spiro atoms. The molecule has 22 heavy (non-hydrogen) atoms. The molecule has 2 aromatic heterocycles. The number of carbonyl (C=O) groups excluding carboxylic acids is 1. The first-order valence-corrected chi connectivity index (χ1v) is 9.26. The fourth-order valence-corrected chi connectivity index (χ4v) is 3.77. The van der Waals surface area contributed by atoms with Gasteiger partial charge in [-0.3, -0.25) is 14.9 Å². The molecule has 1 saturated heterocycles. The van der Waals surface area contributed by atoms with E-state index in [1.807, 2.05) is 0 Å². The number of aromatic amines is 1. The highest BCUT2D eigenvalue weighted by atomic mass is 32.2. The highest BCUT2D eigenvalue weighted by Crippen LogP contribution is 2.29. The monoisotopic (exact) mass is 342 g/mol. The molecule has 0 bridgehead atoms. The maximum absolute atomic E-state index is 12.6. The summed E-state index contributed by atoms with van der Waals surface area (Å²) in [6.45, 7) is 1.00. The number of ether oxygens (including phenoxy) is 1. The van der Waals surface area contributed by atoms with E-state index in [-0.39, 0.29) is 17.4 Å². The van der Waals surface area contributed by atoms with Gasteiger partial charge in [0.05, 0.1) is 42.9 Å². The molecule has 1 atom stereocenters. The van der Waals surface area contributed by atoms with E-state index in [0.29, 0.717) is 23.7 Å². The zero-order chi connectivity index (χ0) is 15.7. The maximum atomic E-state index is 12.6. The normalized spacial score (nSPS) is 19.3. The van der Waals surface area contributed by atoms with Crippen molar-refractivity contribution in [2.75, 3.05) is 26.0 Å². The Bertz CT molecular complexity index is 769. The van der Waals surface area contributed by atoms with Crippen molar-refractivity contribution in [2.24, 2.45) is 0 Å². The molecule has 0 unspecified atom stereocenters. The number of hydrogen-bond acceptors (Lipinski definition) is 7. The molecule has 0 aromatic carbocycles. The smallest absolute Gasteiger partial charge is 0.266 e. The van der Waals surface area contributed by atoms with Gasteiger partial charge in [0.25, 0.3) is 5.91 Å². The summed E-state index contributed by atoms with van der Waals surface area (Å²) in [7, 11) is -3.44. The molecule has 3 rings (SSSR count). The summed E-state index contributed by atoms with van der Waals surface area (Å²) in [4.78, 5) is 18.7. The average Bonchev–Trinajstić information content (AvgIpc) is 3.17.